The number of pyridine rings is 1. The molecule has 0 fully saturated rings. The average molecular weight is 321 g/mol. The number of rotatable bonds is 5. The van der Waals surface area contributed by atoms with Crippen molar-refractivity contribution in [1.82, 2.24) is 4.98 Å². The van der Waals surface area contributed by atoms with Crippen LogP contribution in [-0.2, 0) is 6.42 Å². The van der Waals surface area contributed by atoms with Crippen LogP contribution in [0.1, 0.15) is 17.5 Å². The third-order valence-corrected chi connectivity index (χ3v) is 3.90. The van der Waals surface area contributed by atoms with Crippen molar-refractivity contribution >= 4 is 21.6 Å². The summed E-state index contributed by atoms with van der Waals surface area (Å²) >= 11 is 3.46. The molecule has 2 rings (SSSR count). The Bertz CT molecular complexity index is 543. The van der Waals surface area contributed by atoms with Crippen molar-refractivity contribution in [3.63, 3.8) is 0 Å². The molecule has 1 aromatic carbocycles. The van der Waals surface area contributed by atoms with Crippen LogP contribution in [0.4, 0.5) is 5.69 Å². The van der Waals surface area contributed by atoms with Gasteiger partial charge >= 0.3 is 0 Å². The quantitative estimate of drug-likeness (QED) is 0.853. The monoisotopic (exact) mass is 320 g/mol. The van der Waals surface area contributed by atoms with Gasteiger partial charge in [0.15, 0.2) is 0 Å². The predicted octanol–water partition coefficient (Wildman–Crippen LogP) is 3.75. The molecule has 0 aliphatic heterocycles. The van der Waals surface area contributed by atoms with Gasteiger partial charge in [-0.15, -0.1) is 0 Å². The molecule has 0 saturated heterocycles. The SMILES string of the molecule is Cc1c(N)cnc(OCCCc2ccccc2)c1Br. The van der Waals surface area contributed by atoms with Crippen LogP contribution in [0, 0.1) is 6.92 Å². The van der Waals surface area contributed by atoms with Crippen LogP contribution in [0.25, 0.3) is 0 Å². The molecule has 0 radical (unpaired) electrons. The molecule has 0 aliphatic carbocycles. The van der Waals surface area contributed by atoms with Gasteiger partial charge < -0.3 is 10.5 Å². The van der Waals surface area contributed by atoms with Crippen LogP contribution < -0.4 is 10.5 Å². The Morgan fingerprint density at radius 2 is 2.00 bits per heavy atom. The molecule has 0 aliphatic rings. The van der Waals surface area contributed by atoms with Gasteiger partial charge in [0, 0.05) is 0 Å². The Balaban J connectivity index is 1.85. The van der Waals surface area contributed by atoms with Crippen molar-refractivity contribution in [3.05, 3.63) is 52.1 Å². The molecule has 100 valence electrons. The van der Waals surface area contributed by atoms with E-state index >= 15 is 0 Å². The normalized spacial score (nSPS) is 10.4. The van der Waals surface area contributed by atoms with Gasteiger partial charge in [-0.2, -0.15) is 0 Å². The zero-order valence-corrected chi connectivity index (χ0v) is 12.5. The molecule has 0 spiro atoms. The summed E-state index contributed by atoms with van der Waals surface area (Å²) in [6, 6.07) is 10.4. The molecule has 1 aromatic heterocycles. The Hall–Kier alpha value is -1.55. The van der Waals surface area contributed by atoms with E-state index in [1.807, 2.05) is 13.0 Å². The highest BCUT2D eigenvalue weighted by Crippen LogP contribution is 2.29. The van der Waals surface area contributed by atoms with Gasteiger partial charge in [-0.25, -0.2) is 4.98 Å². The number of nitrogens with zero attached hydrogens (tertiary/aromatic N) is 1. The molecule has 0 amide bonds. The van der Waals surface area contributed by atoms with Crippen LogP contribution in [0.2, 0.25) is 0 Å². The minimum atomic E-state index is 0.611. The highest BCUT2D eigenvalue weighted by Gasteiger charge is 2.08. The summed E-state index contributed by atoms with van der Waals surface area (Å²) in [5, 5.41) is 0. The van der Waals surface area contributed by atoms with Crippen molar-refractivity contribution in [2.24, 2.45) is 0 Å². The molecule has 2 aromatic rings. The van der Waals surface area contributed by atoms with Crippen LogP contribution >= 0.6 is 15.9 Å². The number of nitrogen functional groups attached to an aromatic ring is 1. The molecule has 1 heterocycles. The third kappa shape index (κ3) is 3.70. The summed E-state index contributed by atoms with van der Waals surface area (Å²) in [6.07, 6.45) is 3.60. The van der Waals surface area contributed by atoms with E-state index in [0.717, 1.165) is 22.9 Å². The zero-order chi connectivity index (χ0) is 13.7. The van der Waals surface area contributed by atoms with Crippen molar-refractivity contribution in [3.8, 4) is 5.88 Å². The second kappa shape index (κ2) is 6.57. The van der Waals surface area contributed by atoms with E-state index in [-0.39, 0.29) is 0 Å². The Morgan fingerprint density at radius 1 is 1.26 bits per heavy atom. The summed E-state index contributed by atoms with van der Waals surface area (Å²) in [4.78, 5) is 4.19. The second-order valence-electron chi connectivity index (χ2n) is 4.40. The highest BCUT2D eigenvalue weighted by molar-refractivity contribution is 9.10. The van der Waals surface area contributed by atoms with Crippen molar-refractivity contribution in [1.29, 1.82) is 0 Å². The molecule has 4 heteroatoms. The van der Waals surface area contributed by atoms with Crippen LogP contribution in [0.3, 0.4) is 0 Å². The first kappa shape index (κ1) is 13.9. The number of nitrogens with two attached hydrogens (primary N) is 1. The second-order valence-corrected chi connectivity index (χ2v) is 5.19. The molecule has 0 unspecified atom stereocenters. The molecule has 0 saturated carbocycles. The van der Waals surface area contributed by atoms with E-state index in [0.29, 0.717) is 18.2 Å². The van der Waals surface area contributed by atoms with E-state index in [1.165, 1.54) is 5.56 Å². The Kier molecular flexibility index (Phi) is 4.80. The van der Waals surface area contributed by atoms with Gasteiger partial charge in [0.25, 0.3) is 0 Å². The van der Waals surface area contributed by atoms with Gasteiger partial charge in [0.05, 0.1) is 23.0 Å². The minimum absolute atomic E-state index is 0.611. The first-order chi connectivity index (χ1) is 9.18. The van der Waals surface area contributed by atoms with Crippen molar-refractivity contribution < 1.29 is 4.74 Å². The number of anilines is 1. The van der Waals surface area contributed by atoms with Gasteiger partial charge in [0.2, 0.25) is 5.88 Å². The number of hydrogen-bond donors (Lipinski definition) is 1. The van der Waals surface area contributed by atoms with Crippen LogP contribution in [-0.4, -0.2) is 11.6 Å². The van der Waals surface area contributed by atoms with Gasteiger partial charge in [0.1, 0.15) is 0 Å². The summed E-state index contributed by atoms with van der Waals surface area (Å²) < 4.78 is 6.52. The van der Waals surface area contributed by atoms with Crippen LogP contribution in [0.5, 0.6) is 5.88 Å². The fraction of sp³-hybridized carbons (Fsp3) is 0.267. The molecular formula is C15H17BrN2O. The number of ether oxygens (including phenoxy) is 1. The predicted molar refractivity (Wildman–Crippen MR) is 81.3 cm³/mol. The first-order valence-electron chi connectivity index (χ1n) is 6.26. The summed E-state index contributed by atoms with van der Waals surface area (Å²) in [5.41, 5.74) is 8.73. The fourth-order valence-corrected chi connectivity index (χ4v) is 2.20. The maximum atomic E-state index is 5.77. The highest BCUT2D eigenvalue weighted by atomic mass is 79.9. The lowest BCUT2D eigenvalue weighted by molar-refractivity contribution is 0.297. The maximum Gasteiger partial charge on any atom is 0.228 e. The molecule has 3 nitrogen and oxygen atoms in total. The molecule has 0 bridgehead atoms. The molecule has 19 heavy (non-hydrogen) atoms. The summed E-state index contributed by atoms with van der Waals surface area (Å²) in [6.45, 7) is 2.59. The van der Waals surface area contributed by atoms with Gasteiger partial charge in [-0.1, -0.05) is 30.3 Å². The average Bonchev–Trinajstić information content (AvgIpc) is 2.44. The summed E-state index contributed by atoms with van der Waals surface area (Å²) in [7, 11) is 0. The van der Waals surface area contributed by atoms with E-state index in [9.17, 15) is 0 Å². The number of hydrogen-bond acceptors (Lipinski definition) is 3. The minimum Gasteiger partial charge on any atom is -0.477 e. The third-order valence-electron chi connectivity index (χ3n) is 2.96. The number of aryl methyl sites for hydroxylation is 1. The van der Waals surface area contributed by atoms with E-state index in [1.54, 1.807) is 6.20 Å². The first-order valence-corrected chi connectivity index (χ1v) is 7.05. The fourth-order valence-electron chi connectivity index (χ4n) is 1.76. The summed E-state index contributed by atoms with van der Waals surface area (Å²) in [5.74, 6) is 0.611. The molecule has 2 N–H and O–H groups in total. The molecule has 0 atom stereocenters. The van der Waals surface area contributed by atoms with Crippen LogP contribution in [0.15, 0.2) is 41.0 Å². The lowest BCUT2D eigenvalue weighted by Gasteiger charge is -2.10. The standard InChI is InChI=1S/C15H17BrN2O/c1-11-13(17)10-18-15(14(11)16)19-9-5-8-12-6-3-2-4-7-12/h2-4,6-7,10H,5,8-9,17H2,1H3. The van der Waals surface area contributed by atoms with E-state index in [4.69, 9.17) is 10.5 Å². The lowest BCUT2D eigenvalue weighted by atomic mass is 10.1. The van der Waals surface area contributed by atoms with E-state index < -0.39 is 0 Å². The molecular weight excluding hydrogens is 304 g/mol. The van der Waals surface area contributed by atoms with Gasteiger partial charge in [-0.3, -0.25) is 0 Å². The largest absolute Gasteiger partial charge is 0.477 e. The number of benzene rings is 1. The zero-order valence-electron chi connectivity index (χ0n) is 10.9. The number of aromatic nitrogens is 1. The Morgan fingerprint density at radius 3 is 2.74 bits per heavy atom. The van der Waals surface area contributed by atoms with Crippen molar-refractivity contribution in [2.75, 3.05) is 12.3 Å². The maximum absolute atomic E-state index is 5.77. The van der Waals surface area contributed by atoms with Gasteiger partial charge in [-0.05, 0) is 46.8 Å². The van der Waals surface area contributed by atoms with Crippen molar-refractivity contribution in [2.45, 2.75) is 19.8 Å². The Labute approximate surface area is 121 Å². The number of halogens is 1. The van der Waals surface area contributed by atoms with E-state index in [2.05, 4.69) is 45.2 Å². The smallest absolute Gasteiger partial charge is 0.228 e. The topological polar surface area (TPSA) is 48.1 Å². The lowest BCUT2D eigenvalue weighted by Crippen LogP contribution is -2.03.